The predicted octanol–water partition coefficient (Wildman–Crippen LogP) is 2.80. The fourth-order valence-electron chi connectivity index (χ4n) is 4.73. The average molecular weight is 507 g/mol. The first-order valence-electron chi connectivity index (χ1n) is 12.1. The summed E-state index contributed by atoms with van der Waals surface area (Å²) in [7, 11) is 0. The summed E-state index contributed by atoms with van der Waals surface area (Å²) in [5.41, 5.74) is 2.36. The number of rotatable bonds is 2. The van der Waals surface area contributed by atoms with E-state index in [-0.39, 0.29) is 6.61 Å². The van der Waals surface area contributed by atoms with E-state index in [1.165, 1.54) is 0 Å². The topological polar surface area (TPSA) is 107 Å². The van der Waals surface area contributed by atoms with Gasteiger partial charge in [0.15, 0.2) is 11.5 Å². The van der Waals surface area contributed by atoms with E-state index < -0.39 is 30.5 Å². The second-order valence-corrected chi connectivity index (χ2v) is 9.59. The van der Waals surface area contributed by atoms with Crippen molar-refractivity contribution in [2.75, 3.05) is 33.0 Å². The zero-order chi connectivity index (χ0) is 24.4. The lowest BCUT2D eigenvalue weighted by Gasteiger charge is -2.41. The van der Waals surface area contributed by atoms with Gasteiger partial charge < -0.3 is 39.0 Å². The molecule has 1 fully saturated rings. The largest absolute Gasteiger partial charge is 0.493 e. The summed E-state index contributed by atoms with van der Waals surface area (Å²) in [6.45, 7) is 2.15. The number of halogens is 1. The van der Waals surface area contributed by atoms with Gasteiger partial charge in [-0.2, -0.15) is 0 Å². The summed E-state index contributed by atoms with van der Waals surface area (Å²) in [5, 5.41) is 32.4. The van der Waals surface area contributed by atoms with Crippen molar-refractivity contribution in [3.63, 3.8) is 0 Å². The maximum Gasteiger partial charge on any atom is 0.161 e. The normalized spacial score (nSPS) is 29.1. The van der Waals surface area contributed by atoms with Gasteiger partial charge in [-0.3, -0.25) is 0 Å². The van der Waals surface area contributed by atoms with Crippen LogP contribution in [0.1, 0.15) is 42.1 Å². The number of hydrogen-bond acceptors (Lipinski definition) is 8. The highest BCUT2D eigenvalue weighted by Gasteiger charge is 2.45. The Labute approximate surface area is 209 Å². The molecule has 0 radical (unpaired) electrons. The molecule has 0 aliphatic carbocycles. The van der Waals surface area contributed by atoms with Crippen molar-refractivity contribution in [1.29, 1.82) is 0 Å². The molecule has 9 heteroatoms. The van der Waals surface area contributed by atoms with Gasteiger partial charge in [0.05, 0.1) is 13.2 Å². The van der Waals surface area contributed by atoms with E-state index in [4.69, 9.17) is 35.3 Å². The zero-order valence-electron chi connectivity index (χ0n) is 19.4. The number of hydrogen-bond donors (Lipinski definition) is 3. The highest BCUT2D eigenvalue weighted by Crippen LogP contribution is 2.41. The van der Waals surface area contributed by atoms with E-state index >= 15 is 0 Å². The van der Waals surface area contributed by atoms with Crippen LogP contribution in [-0.2, 0) is 15.9 Å². The Bertz CT molecular complexity index is 1030. The lowest BCUT2D eigenvalue weighted by atomic mass is 9.89. The SMILES string of the molecule is OC1C2COCCCCCOc3cc(Cl)c(Cc4ccc5c(c4)OCCO5)cc3C(O2)C(O)C1O. The molecule has 0 aromatic heterocycles. The summed E-state index contributed by atoms with van der Waals surface area (Å²) >= 11 is 6.68. The van der Waals surface area contributed by atoms with E-state index in [0.29, 0.717) is 60.7 Å². The third-order valence-corrected chi connectivity index (χ3v) is 7.02. The molecule has 35 heavy (non-hydrogen) atoms. The van der Waals surface area contributed by atoms with Gasteiger partial charge in [-0.05, 0) is 61.1 Å². The molecule has 5 unspecified atom stereocenters. The minimum atomic E-state index is -1.39. The molecular formula is C26H31ClO8. The van der Waals surface area contributed by atoms with Crippen LogP contribution in [0.25, 0.3) is 0 Å². The smallest absolute Gasteiger partial charge is 0.161 e. The first kappa shape index (κ1) is 24.6. The summed E-state index contributed by atoms with van der Waals surface area (Å²) in [6, 6.07) is 9.37. The van der Waals surface area contributed by atoms with Crippen LogP contribution in [0.3, 0.4) is 0 Å². The van der Waals surface area contributed by atoms with Crippen molar-refractivity contribution in [3.05, 3.63) is 52.0 Å². The van der Waals surface area contributed by atoms with Crippen molar-refractivity contribution in [1.82, 2.24) is 0 Å². The van der Waals surface area contributed by atoms with Gasteiger partial charge in [-0.15, -0.1) is 0 Å². The summed E-state index contributed by atoms with van der Waals surface area (Å²) in [5.74, 6) is 1.90. The van der Waals surface area contributed by atoms with Crippen LogP contribution in [0.15, 0.2) is 30.3 Å². The Morgan fingerprint density at radius 1 is 0.771 bits per heavy atom. The van der Waals surface area contributed by atoms with Gasteiger partial charge in [0.2, 0.25) is 0 Å². The van der Waals surface area contributed by atoms with E-state index in [2.05, 4.69) is 0 Å². The van der Waals surface area contributed by atoms with E-state index in [1.807, 2.05) is 24.3 Å². The maximum atomic E-state index is 10.9. The maximum absolute atomic E-state index is 10.9. The Balaban J connectivity index is 1.49. The fraction of sp³-hybridized carbons (Fsp3) is 0.538. The molecule has 2 aromatic rings. The van der Waals surface area contributed by atoms with Crippen LogP contribution < -0.4 is 14.2 Å². The molecule has 5 atom stereocenters. The van der Waals surface area contributed by atoms with E-state index in [0.717, 1.165) is 30.4 Å². The standard InChI is InChI=1S/C26H31ClO8/c27-18-13-20-17(12-16(18)10-15-4-5-19-21(11-15)34-9-8-33-19)26-25(30)24(29)23(28)22(35-26)14-31-6-2-1-3-7-32-20/h4-5,11-13,22-26,28-30H,1-3,6-10,14H2. The molecule has 1 saturated heterocycles. The third kappa shape index (κ3) is 5.38. The van der Waals surface area contributed by atoms with Crippen molar-refractivity contribution in [2.45, 2.75) is 56.2 Å². The third-order valence-electron chi connectivity index (χ3n) is 6.67. The molecule has 2 aromatic carbocycles. The molecule has 3 heterocycles. The number of ether oxygens (including phenoxy) is 5. The molecule has 0 amide bonds. The predicted molar refractivity (Wildman–Crippen MR) is 127 cm³/mol. The van der Waals surface area contributed by atoms with Crippen LogP contribution in [0, 0.1) is 0 Å². The van der Waals surface area contributed by atoms with Crippen molar-refractivity contribution >= 4 is 11.6 Å². The Hall–Kier alpha value is -2.07. The van der Waals surface area contributed by atoms with Crippen LogP contribution in [0.4, 0.5) is 0 Å². The van der Waals surface area contributed by atoms with Crippen LogP contribution in [0.2, 0.25) is 5.02 Å². The Morgan fingerprint density at radius 2 is 1.54 bits per heavy atom. The van der Waals surface area contributed by atoms with Gasteiger partial charge in [0.25, 0.3) is 0 Å². The molecule has 3 aliphatic rings. The van der Waals surface area contributed by atoms with Gasteiger partial charge in [-0.1, -0.05) is 17.7 Å². The quantitative estimate of drug-likeness (QED) is 0.571. The lowest BCUT2D eigenvalue weighted by Crippen LogP contribution is -2.55. The highest BCUT2D eigenvalue weighted by atomic mass is 35.5. The van der Waals surface area contributed by atoms with Gasteiger partial charge >= 0.3 is 0 Å². The van der Waals surface area contributed by atoms with E-state index in [1.54, 1.807) is 6.07 Å². The molecular weight excluding hydrogens is 476 g/mol. The first-order chi connectivity index (χ1) is 17.0. The minimum absolute atomic E-state index is 0.120. The van der Waals surface area contributed by atoms with E-state index in [9.17, 15) is 15.3 Å². The number of aliphatic hydroxyl groups is 3. The van der Waals surface area contributed by atoms with Gasteiger partial charge in [0.1, 0.15) is 49.5 Å². The second-order valence-electron chi connectivity index (χ2n) is 9.19. The zero-order valence-corrected chi connectivity index (χ0v) is 20.2. The highest BCUT2D eigenvalue weighted by molar-refractivity contribution is 6.31. The van der Waals surface area contributed by atoms with Crippen molar-refractivity contribution in [2.24, 2.45) is 0 Å². The average Bonchev–Trinajstić information content (AvgIpc) is 2.88. The van der Waals surface area contributed by atoms with Crippen LogP contribution in [-0.4, -0.2) is 72.8 Å². The fourth-order valence-corrected chi connectivity index (χ4v) is 4.95. The molecule has 0 spiro atoms. The summed E-state index contributed by atoms with van der Waals surface area (Å²) < 4.78 is 29.2. The summed E-state index contributed by atoms with van der Waals surface area (Å²) in [4.78, 5) is 0. The Kier molecular flexibility index (Phi) is 7.67. The number of benzene rings is 2. The van der Waals surface area contributed by atoms with Crippen molar-refractivity contribution < 1.29 is 39.0 Å². The lowest BCUT2D eigenvalue weighted by molar-refractivity contribution is -0.235. The van der Waals surface area contributed by atoms with Gasteiger partial charge in [0, 0.05) is 17.2 Å². The Morgan fingerprint density at radius 3 is 2.40 bits per heavy atom. The molecule has 2 bridgehead atoms. The molecule has 0 saturated carbocycles. The van der Waals surface area contributed by atoms with Crippen LogP contribution >= 0.6 is 11.6 Å². The molecule has 8 nitrogen and oxygen atoms in total. The van der Waals surface area contributed by atoms with Gasteiger partial charge in [-0.25, -0.2) is 0 Å². The first-order valence-corrected chi connectivity index (χ1v) is 12.5. The minimum Gasteiger partial charge on any atom is -0.493 e. The van der Waals surface area contributed by atoms with Crippen molar-refractivity contribution in [3.8, 4) is 17.2 Å². The molecule has 190 valence electrons. The second kappa shape index (κ2) is 10.9. The summed E-state index contributed by atoms with van der Waals surface area (Å²) in [6.07, 6.45) is -2.60. The number of aliphatic hydroxyl groups excluding tert-OH is 3. The molecule has 5 rings (SSSR count). The monoisotopic (exact) mass is 506 g/mol. The van der Waals surface area contributed by atoms with Crippen LogP contribution in [0.5, 0.6) is 17.2 Å². The number of fused-ring (bicyclic) bond motifs is 5. The molecule has 3 N–H and O–H groups in total. The molecule has 3 aliphatic heterocycles.